The van der Waals surface area contributed by atoms with E-state index in [4.69, 9.17) is 0 Å². The molecule has 0 aromatic heterocycles. The number of halogens is 4. The maximum atomic E-state index is 13.6. The maximum absolute atomic E-state index is 13.6. The molecule has 2 rings (SSSR count). The third-order valence-corrected chi connectivity index (χ3v) is 5.16. The van der Waals surface area contributed by atoms with Crippen LogP contribution in [-0.2, 0) is 0 Å². The van der Waals surface area contributed by atoms with Gasteiger partial charge in [0.2, 0.25) is 0 Å². The van der Waals surface area contributed by atoms with Gasteiger partial charge in [-0.25, -0.2) is 9.18 Å². The Morgan fingerprint density at radius 2 is 1.86 bits per heavy atom. The summed E-state index contributed by atoms with van der Waals surface area (Å²) in [6.07, 6.45) is -6.64. The van der Waals surface area contributed by atoms with Crippen LogP contribution in [0, 0.1) is 5.92 Å². The van der Waals surface area contributed by atoms with Gasteiger partial charge in [-0.3, -0.25) is 10.6 Å². The fourth-order valence-corrected chi connectivity index (χ4v) is 3.67. The predicted octanol–water partition coefficient (Wildman–Crippen LogP) is 1.09. The average Bonchev–Trinajstić information content (AvgIpc) is 2.54. The molecule has 0 bridgehead atoms. The van der Waals surface area contributed by atoms with E-state index in [2.05, 4.69) is 31.5 Å². The highest BCUT2D eigenvalue weighted by atomic mass is 19.4. The van der Waals surface area contributed by atoms with Crippen molar-refractivity contribution >= 4 is 6.03 Å². The number of likely N-dealkylation sites (N-methyl/N-ethyl adjacent to an activating group) is 1. The molecule has 7 nitrogen and oxygen atoms in total. The highest BCUT2D eigenvalue weighted by Crippen LogP contribution is 2.39. The van der Waals surface area contributed by atoms with Crippen LogP contribution in [-0.4, -0.2) is 75.0 Å². The summed E-state index contributed by atoms with van der Waals surface area (Å²) in [6, 6.07) is -1.14. The van der Waals surface area contributed by atoms with Gasteiger partial charge in [-0.05, 0) is 46.7 Å². The molecule has 0 aromatic rings. The summed E-state index contributed by atoms with van der Waals surface area (Å²) in [5, 5.41) is 15.0. The number of rotatable bonds is 6. The molecule has 2 aliphatic rings. The lowest BCUT2D eigenvalue weighted by Crippen LogP contribution is -2.68. The van der Waals surface area contributed by atoms with Crippen LogP contribution in [0.1, 0.15) is 32.6 Å². The fraction of sp³-hybridized carbons (Fsp3) is 0.941. The highest BCUT2D eigenvalue weighted by Gasteiger charge is 2.48. The Hall–Kier alpha value is -1.17. The van der Waals surface area contributed by atoms with E-state index in [1.54, 1.807) is 0 Å². The van der Waals surface area contributed by atoms with Crippen molar-refractivity contribution in [2.75, 3.05) is 27.2 Å². The van der Waals surface area contributed by atoms with Crippen molar-refractivity contribution < 1.29 is 22.4 Å². The quantitative estimate of drug-likeness (QED) is 0.422. The van der Waals surface area contributed by atoms with Crippen LogP contribution in [0.2, 0.25) is 0 Å². The fourth-order valence-electron chi connectivity index (χ4n) is 3.67. The van der Waals surface area contributed by atoms with Crippen molar-refractivity contribution in [3.63, 3.8) is 0 Å². The lowest BCUT2D eigenvalue weighted by Gasteiger charge is -2.38. The van der Waals surface area contributed by atoms with E-state index in [9.17, 15) is 22.4 Å². The minimum atomic E-state index is -4.59. The molecule has 28 heavy (non-hydrogen) atoms. The van der Waals surface area contributed by atoms with Gasteiger partial charge >= 0.3 is 12.2 Å². The second-order valence-electron chi connectivity index (χ2n) is 8.00. The zero-order valence-electron chi connectivity index (χ0n) is 16.6. The van der Waals surface area contributed by atoms with Gasteiger partial charge in [-0.2, -0.15) is 13.2 Å². The van der Waals surface area contributed by atoms with Crippen molar-refractivity contribution in [2.45, 2.75) is 69.5 Å². The summed E-state index contributed by atoms with van der Waals surface area (Å²) < 4.78 is 52.3. The van der Waals surface area contributed by atoms with E-state index in [1.807, 2.05) is 21.0 Å². The summed E-state index contributed by atoms with van der Waals surface area (Å²) in [6.45, 7) is 3.64. The first-order valence-electron chi connectivity index (χ1n) is 9.72. The van der Waals surface area contributed by atoms with E-state index >= 15 is 0 Å². The summed E-state index contributed by atoms with van der Waals surface area (Å²) in [7, 11) is 3.96. The zero-order valence-corrected chi connectivity index (χ0v) is 16.6. The van der Waals surface area contributed by atoms with Crippen molar-refractivity contribution in [1.29, 1.82) is 0 Å². The van der Waals surface area contributed by atoms with Gasteiger partial charge in [0.1, 0.15) is 12.5 Å². The lowest BCUT2D eigenvalue weighted by atomic mass is 9.84. The highest BCUT2D eigenvalue weighted by molar-refractivity contribution is 5.74. The summed E-state index contributed by atoms with van der Waals surface area (Å²) in [5.74, 6) is -2.03. The minimum absolute atomic E-state index is 0.00177. The zero-order chi connectivity index (χ0) is 20.9. The van der Waals surface area contributed by atoms with Gasteiger partial charge in [0.05, 0.1) is 12.1 Å². The lowest BCUT2D eigenvalue weighted by molar-refractivity contribution is -0.199. The number of carbonyl (C=O) groups excluding carboxylic acids is 1. The molecule has 164 valence electrons. The molecule has 6 atom stereocenters. The van der Waals surface area contributed by atoms with Crippen molar-refractivity contribution in [2.24, 2.45) is 5.92 Å². The summed E-state index contributed by atoms with van der Waals surface area (Å²) >= 11 is 0. The minimum Gasteiger partial charge on any atom is -0.335 e. The van der Waals surface area contributed by atoms with Gasteiger partial charge in [-0.1, -0.05) is 0 Å². The normalized spacial score (nSPS) is 34.3. The van der Waals surface area contributed by atoms with E-state index in [1.165, 1.54) is 0 Å². The van der Waals surface area contributed by atoms with E-state index in [0.717, 1.165) is 19.5 Å². The first-order valence-corrected chi connectivity index (χ1v) is 9.72. The Morgan fingerprint density at radius 1 is 1.14 bits per heavy atom. The van der Waals surface area contributed by atoms with Crippen molar-refractivity contribution in [3.8, 4) is 0 Å². The van der Waals surface area contributed by atoms with Crippen molar-refractivity contribution in [3.05, 3.63) is 0 Å². The number of nitrogens with one attached hydrogen (secondary N) is 5. The molecule has 0 radical (unpaired) electrons. The van der Waals surface area contributed by atoms with E-state index < -0.39 is 43.0 Å². The van der Waals surface area contributed by atoms with E-state index in [-0.39, 0.29) is 25.0 Å². The average molecular weight is 412 g/mol. The standard InChI is InChI=1S/C17H32F4N6O/c1-10-8-14(22-6-7-27(2)3)25-15(23-10)26-16(28)24-11-4-5-13(18)12(9-11)17(19,20)21/h10-15,22-23,25H,4-9H2,1-3H3,(H2,24,26,28). The Morgan fingerprint density at radius 3 is 2.50 bits per heavy atom. The van der Waals surface area contributed by atoms with E-state index in [0.29, 0.717) is 0 Å². The van der Waals surface area contributed by atoms with Gasteiger partial charge in [0, 0.05) is 25.2 Å². The summed E-state index contributed by atoms with van der Waals surface area (Å²) in [4.78, 5) is 14.3. The molecule has 1 aliphatic carbocycles. The number of urea groups is 1. The number of carbonyl (C=O) groups is 1. The van der Waals surface area contributed by atoms with Crippen LogP contribution >= 0.6 is 0 Å². The van der Waals surface area contributed by atoms with Crippen LogP contribution in [0.15, 0.2) is 0 Å². The van der Waals surface area contributed by atoms with Gasteiger partial charge in [-0.15, -0.1) is 0 Å². The number of amides is 2. The largest absolute Gasteiger partial charge is 0.394 e. The Bertz CT molecular complexity index is 507. The molecule has 1 heterocycles. The molecule has 1 saturated heterocycles. The first-order chi connectivity index (χ1) is 13.0. The number of hydrogen-bond donors (Lipinski definition) is 5. The molecule has 11 heteroatoms. The Kier molecular flexibility index (Phi) is 8.29. The monoisotopic (exact) mass is 412 g/mol. The molecule has 1 saturated carbocycles. The van der Waals surface area contributed by atoms with Crippen LogP contribution < -0.4 is 26.6 Å². The van der Waals surface area contributed by atoms with Crippen LogP contribution in [0.3, 0.4) is 0 Å². The predicted molar refractivity (Wildman–Crippen MR) is 98.2 cm³/mol. The van der Waals surface area contributed by atoms with Gasteiger partial charge in [0.15, 0.2) is 0 Å². The molecular weight excluding hydrogens is 380 g/mol. The molecule has 2 fully saturated rings. The number of hydrogen-bond acceptors (Lipinski definition) is 5. The molecule has 0 spiro atoms. The second kappa shape index (κ2) is 10.0. The maximum Gasteiger partial charge on any atom is 0.394 e. The smallest absolute Gasteiger partial charge is 0.335 e. The Labute approximate surface area is 163 Å². The molecular formula is C17H32F4N6O. The number of nitrogens with zero attached hydrogens (tertiary/aromatic N) is 1. The van der Waals surface area contributed by atoms with Crippen LogP contribution in [0.25, 0.3) is 0 Å². The van der Waals surface area contributed by atoms with Crippen LogP contribution in [0.5, 0.6) is 0 Å². The second-order valence-corrected chi connectivity index (χ2v) is 8.00. The third kappa shape index (κ3) is 7.34. The topological polar surface area (TPSA) is 80.5 Å². The molecule has 6 unspecified atom stereocenters. The number of alkyl halides is 4. The van der Waals surface area contributed by atoms with Crippen molar-refractivity contribution in [1.82, 2.24) is 31.5 Å². The first kappa shape index (κ1) is 23.1. The SMILES string of the molecule is CC1CC(NCCN(C)C)NC(NC(=O)NC2CCC(F)C(C(F)(F)F)C2)N1. The van der Waals surface area contributed by atoms with Crippen LogP contribution in [0.4, 0.5) is 22.4 Å². The van der Waals surface area contributed by atoms with Gasteiger partial charge in [0.25, 0.3) is 0 Å². The molecule has 5 N–H and O–H groups in total. The third-order valence-electron chi connectivity index (χ3n) is 5.16. The molecule has 0 aromatic carbocycles. The molecule has 2 amide bonds. The van der Waals surface area contributed by atoms with Gasteiger partial charge < -0.3 is 20.9 Å². The Balaban J connectivity index is 1.79. The molecule has 1 aliphatic heterocycles. The summed E-state index contributed by atoms with van der Waals surface area (Å²) in [5.41, 5.74) is 0.